The molecule has 9 heteroatoms. The van der Waals surface area contributed by atoms with Crippen LogP contribution in [0.15, 0.2) is 56.8 Å². The summed E-state index contributed by atoms with van der Waals surface area (Å²) in [6.07, 6.45) is 1.57. The van der Waals surface area contributed by atoms with E-state index in [1.165, 1.54) is 14.9 Å². The fraction of sp³-hybridized carbons (Fsp3) is 0.400. The van der Waals surface area contributed by atoms with Gasteiger partial charge >= 0.3 is 0 Å². The van der Waals surface area contributed by atoms with Crippen molar-refractivity contribution in [2.24, 2.45) is 0 Å². The lowest BCUT2D eigenvalue weighted by Crippen LogP contribution is -2.51. The lowest BCUT2D eigenvalue weighted by Gasteiger charge is -2.34. The van der Waals surface area contributed by atoms with Gasteiger partial charge < -0.3 is 9.47 Å². The number of carbonyl (C=O) groups is 1. The first kappa shape index (κ1) is 21.7. The van der Waals surface area contributed by atoms with Crippen LogP contribution >= 0.6 is 15.9 Å². The quantitative estimate of drug-likeness (QED) is 0.655. The summed E-state index contributed by atoms with van der Waals surface area (Å²) in [5.74, 6) is 0.127. The first-order valence-electron chi connectivity index (χ1n) is 9.42. The van der Waals surface area contributed by atoms with Crippen molar-refractivity contribution in [3.05, 3.63) is 63.0 Å². The zero-order valence-corrected chi connectivity index (χ0v) is 18.8. The molecule has 1 fully saturated rings. The lowest BCUT2D eigenvalue weighted by molar-refractivity contribution is -0.133. The smallest absolute Gasteiger partial charge is 0.251 e. The minimum Gasteiger partial charge on any atom is -0.339 e. The van der Waals surface area contributed by atoms with Gasteiger partial charge in [0.1, 0.15) is 6.54 Å². The number of nitrogens with zero attached hydrogens (tertiary/aromatic N) is 3. The molecule has 2 heterocycles. The minimum atomic E-state index is -3.59. The van der Waals surface area contributed by atoms with Crippen LogP contribution in [0.3, 0.4) is 0 Å². The number of halogens is 1. The van der Waals surface area contributed by atoms with Crippen molar-refractivity contribution >= 4 is 31.9 Å². The number of sulfonamides is 1. The number of benzene rings is 1. The Labute approximate surface area is 179 Å². The molecule has 0 spiro atoms. The molecule has 7 nitrogen and oxygen atoms in total. The number of carbonyl (C=O) groups excluding carboxylic acids is 1. The Balaban J connectivity index is 1.64. The molecule has 0 unspecified atom stereocenters. The second-order valence-electron chi connectivity index (χ2n) is 7.32. The molecule has 0 N–H and O–H groups in total. The van der Waals surface area contributed by atoms with Gasteiger partial charge in [-0.05, 0) is 45.6 Å². The number of pyridine rings is 1. The predicted octanol–water partition coefficient (Wildman–Crippen LogP) is 2.27. The van der Waals surface area contributed by atoms with Crippen LogP contribution < -0.4 is 5.56 Å². The molecule has 1 saturated heterocycles. The first-order valence-corrected chi connectivity index (χ1v) is 11.7. The normalized spacial score (nSPS) is 15.7. The third kappa shape index (κ3) is 4.96. The first-order chi connectivity index (χ1) is 13.7. The molecule has 1 aromatic carbocycles. The van der Waals surface area contributed by atoms with Crippen LogP contribution in [0.25, 0.3) is 0 Å². The van der Waals surface area contributed by atoms with E-state index in [9.17, 15) is 18.0 Å². The molecule has 0 aliphatic carbocycles. The molecular formula is C20H24BrN3O4S. The van der Waals surface area contributed by atoms with Crippen LogP contribution in [0.1, 0.15) is 25.3 Å². The third-order valence-electron chi connectivity index (χ3n) is 5.03. The van der Waals surface area contributed by atoms with Gasteiger partial charge in [-0.2, -0.15) is 4.31 Å². The molecule has 3 rings (SSSR count). The standard InChI is InChI=1S/C20H24BrN3O4S/c1-15(2)16-3-6-18(7-4-16)29(27,28)24-11-9-22(10-12-24)20(26)14-23-13-17(21)5-8-19(23)25/h3-8,13,15H,9-12,14H2,1-2H3. The van der Waals surface area contributed by atoms with E-state index in [1.807, 2.05) is 12.1 Å². The summed E-state index contributed by atoms with van der Waals surface area (Å²) in [7, 11) is -3.59. The highest BCUT2D eigenvalue weighted by molar-refractivity contribution is 9.10. The summed E-state index contributed by atoms with van der Waals surface area (Å²) < 4.78 is 29.2. The number of hydrogen-bond acceptors (Lipinski definition) is 4. The molecule has 1 aromatic heterocycles. The number of hydrogen-bond donors (Lipinski definition) is 0. The van der Waals surface area contributed by atoms with Crippen LogP contribution in [-0.4, -0.2) is 54.3 Å². The molecule has 29 heavy (non-hydrogen) atoms. The van der Waals surface area contributed by atoms with E-state index in [2.05, 4.69) is 29.8 Å². The number of rotatable bonds is 5. The molecule has 1 aliphatic heterocycles. The van der Waals surface area contributed by atoms with Gasteiger partial charge in [-0.25, -0.2) is 8.42 Å². The Hall–Kier alpha value is -1.97. The molecule has 156 valence electrons. The Morgan fingerprint density at radius 1 is 1.03 bits per heavy atom. The lowest BCUT2D eigenvalue weighted by atomic mass is 10.0. The molecular weight excluding hydrogens is 458 g/mol. The van der Waals surface area contributed by atoms with Gasteiger partial charge in [0.15, 0.2) is 0 Å². The number of aromatic nitrogens is 1. The van der Waals surface area contributed by atoms with Crippen molar-refractivity contribution < 1.29 is 13.2 Å². The van der Waals surface area contributed by atoms with Gasteiger partial charge in [0.05, 0.1) is 4.90 Å². The highest BCUT2D eigenvalue weighted by atomic mass is 79.9. The van der Waals surface area contributed by atoms with Crippen molar-refractivity contribution in [3.8, 4) is 0 Å². The summed E-state index contributed by atoms with van der Waals surface area (Å²) in [4.78, 5) is 26.3. The SMILES string of the molecule is CC(C)c1ccc(S(=O)(=O)N2CCN(C(=O)Cn3cc(Br)ccc3=O)CC2)cc1. The van der Waals surface area contributed by atoms with Crippen LogP contribution in [-0.2, 0) is 21.4 Å². The molecule has 0 saturated carbocycles. The van der Waals surface area contributed by atoms with Crippen molar-refractivity contribution in [1.29, 1.82) is 0 Å². The van der Waals surface area contributed by atoms with E-state index in [0.29, 0.717) is 23.5 Å². The number of amides is 1. The van der Waals surface area contributed by atoms with E-state index in [-0.39, 0.29) is 36.0 Å². The van der Waals surface area contributed by atoms with Crippen molar-refractivity contribution in [3.63, 3.8) is 0 Å². The maximum Gasteiger partial charge on any atom is 0.251 e. The number of piperazine rings is 1. The Morgan fingerprint density at radius 3 is 2.24 bits per heavy atom. The summed E-state index contributed by atoms with van der Waals surface area (Å²) in [5.41, 5.74) is 0.828. The maximum absolute atomic E-state index is 12.9. The average molecular weight is 482 g/mol. The van der Waals surface area contributed by atoms with E-state index in [4.69, 9.17) is 0 Å². The average Bonchev–Trinajstić information content (AvgIpc) is 2.71. The van der Waals surface area contributed by atoms with Gasteiger partial charge in [0, 0.05) is 42.9 Å². The highest BCUT2D eigenvalue weighted by Gasteiger charge is 2.30. The second kappa shape index (κ2) is 8.81. The van der Waals surface area contributed by atoms with Crippen molar-refractivity contribution in [1.82, 2.24) is 13.8 Å². The van der Waals surface area contributed by atoms with Crippen LogP contribution in [0.5, 0.6) is 0 Å². The zero-order chi connectivity index (χ0) is 21.2. The molecule has 0 atom stereocenters. The van der Waals surface area contributed by atoms with Gasteiger partial charge in [-0.15, -0.1) is 0 Å². The third-order valence-corrected chi connectivity index (χ3v) is 7.41. The second-order valence-corrected chi connectivity index (χ2v) is 10.2. The summed E-state index contributed by atoms with van der Waals surface area (Å²) >= 11 is 3.29. The molecule has 1 amide bonds. The fourth-order valence-electron chi connectivity index (χ4n) is 3.22. The molecule has 1 aliphatic rings. The Morgan fingerprint density at radius 2 is 1.66 bits per heavy atom. The summed E-state index contributed by atoms with van der Waals surface area (Å²) in [6, 6.07) is 9.98. The Kier molecular flexibility index (Phi) is 6.60. The Bertz CT molecular complexity index is 1040. The van der Waals surface area contributed by atoms with Gasteiger partial charge in [0.25, 0.3) is 5.56 Å². The van der Waals surface area contributed by atoms with E-state index in [1.54, 1.807) is 29.3 Å². The zero-order valence-electron chi connectivity index (χ0n) is 16.4. The van der Waals surface area contributed by atoms with E-state index >= 15 is 0 Å². The van der Waals surface area contributed by atoms with Gasteiger partial charge in [-0.1, -0.05) is 26.0 Å². The van der Waals surface area contributed by atoms with Crippen molar-refractivity contribution in [2.75, 3.05) is 26.2 Å². The van der Waals surface area contributed by atoms with E-state index < -0.39 is 10.0 Å². The summed E-state index contributed by atoms with van der Waals surface area (Å²) in [5, 5.41) is 0. The monoisotopic (exact) mass is 481 g/mol. The largest absolute Gasteiger partial charge is 0.339 e. The fourth-order valence-corrected chi connectivity index (χ4v) is 5.02. The van der Waals surface area contributed by atoms with Crippen molar-refractivity contribution in [2.45, 2.75) is 31.2 Å². The highest BCUT2D eigenvalue weighted by Crippen LogP contribution is 2.21. The minimum absolute atomic E-state index is 0.0678. The molecule has 0 bridgehead atoms. The maximum atomic E-state index is 12.9. The topological polar surface area (TPSA) is 79.7 Å². The van der Waals surface area contributed by atoms with Crippen LogP contribution in [0, 0.1) is 0 Å². The van der Waals surface area contributed by atoms with Crippen LogP contribution in [0.4, 0.5) is 0 Å². The van der Waals surface area contributed by atoms with Crippen LogP contribution in [0.2, 0.25) is 0 Å². The van der Waals surface area contributed by atoms with Gasteiger partial charge in [-0.3, -0.25) is 9.59 Å². The molecule has 2 aromatic rings. The van der Waals surface area contributed by atoms with E-state index in [0.717, 1.165) is 5.56 Å². The van der Waals surface area contributed by atoms with Gasteiger partial charge in [0.2, 0.25) is 15.9 Å². The molecule has 0 radical (unpaired) electrons. The summed E-state index contributed by atoms with van der Waals surface area (Å²) in [6.45, 7) is 5.10. The predicted molar refractivity (Wildman–Crippen MR) is 114 cm³/mol.